The SMILES string of the molecule is Brc1cc2nc(c1)COCCOCCOCCOC2. The zero-order valence-electron chi connectivity index (χ0n) is 10.8. The molecule has 0 N–H and O–H groups in total. The van der Waals surface area contributed by atoms with Crippen LogP contribution >= 0.6 is 15.9 Å². The molecule has 1 aliphatic heterocycles. The summed E-state index contributed by atoms with van der Waals surface area (Å²) >= 11 is 3.47. The molecule has 2 rings (SSSR count). The van der Waals surface area contributed by atoms with Crippen molar-refractivity contribution in [3.8, 4) is 0 Å². The number of nitrogens with zero attached hydrogens (tertiary/aromatic N) is 1. The van der Waals surface area contributed by atoms with E-state index in [2.05, 4.69) is 20.9 Å². The largest absolute Gasteiger partial charge is 0.377 e. The van der Waals surface area contributed by atoms with Crippen LogP contribution in [0.1, 0.15) is 11.4 Å². The average molecular weight is 332 g/mol. The van der Waals surface area contributed by atoms with Crippen molar-refractivity contribution in [1.29, 1.82) is 0 Å². The van der Waals surface area contributed by atoms with Gasteiger partial charge in [0.15, 0.2) is 0 Å². The van der Waals surface area contributed by atoms with Crippen LogP contribution in [0.25, 0.3) is 0 Å². The van der Waals surface area contributed by atoms with Gasteiger partial charge in [-0.1, -0.05) is 15.9 Å². The summed E-state index contributed by atoms with van der Waals surface area (Å²) in [4.78, 5) is 4.48. The minimum absolute atomic E-state index is 0.478. The molecule has 0 radical (unpaired) electrons. The van der Waals surface area contributed by atoms with Crippen LogP contribution in [-0.4, -0.2) is 44.6 Å². The molecule has 106 valence electrons. The normalized spacial score (nSPS) is 19.4. The van der Waals surface area contributed by atoms with Gasteiger partial charge in [-0.2, -0.15) is 0 Å². The van der Waals surface area contributed by atoms with Crippen LogP contribution in [0.5, 0.6) is 0 Å². The highest BCUT2D eigenvalue weighted by atomic mass is 79.9. The molecule has 0 spiro atoms. The third kappa shape index (κ3) is 5.97. The van der Waals surface area contributed by atoms with Gasteiger partial charge in [0.05, 0.1) is 64.2 Å². The van der Waals surface area contributed by atoms with Crippen molar-refractivity contribution < 1.29 is 18.9 Å². The minimum Gasteiger partial charge on any atom is -0.377 e. The Labute approximate surface area is 121 Å². The van der Waals surface area contributed by atoms with Crippen molar-refractivity contribution in [2.24, 2.45) is 0 Å². The molecular weight excluding hydrogens is 314 g/mol. The van der Waals surface area contributed by atoms with Crippen molar-refractivity contribution in [3.63, 3.8) is 0 Å². The number of aromatic nitrogens is 1. The zero-order valence-corrected chi connectivity index (χ0v) is 12.4. The van der Waals surface area contributed by atoms with Crippen LogP contribution in [-0.2, 0) is 32.2 Å². The Morgan fingerprint density at radius 3 is 1.63 bits per heavy atom. The first-order valence-corrected chi connectivity index (χ1v) is 7.10. The van der Waals surface area contributed by atoms with Gasteiger partial charge < -0.3 is 18.9 Å². The summed E-state index contributed by atoms with van der Waals surface area (Å²) in [6, 6.07) is 3.90. The third-order valence-corrected chi connectivity index (χ3v) is 2.97. The fourth-order valence-corrected chi connectivity index (χ4v) is 2.20. The molecule has 2 bridgehead atoms. The highest BCUT2D eigenvalue weighted by Gasteiger charge is 2.03. The van der Waals surface area contributed by atoms with Crippen molar-refractivity contribution in [2.45, 2.75) is 13.2 Å². The Kier molecular flexibility index (Phi) is 6.73. The molecule has 19 heavy (non-hydrogen) atoms. The van der Waals surface area contributed by atoms with E-state index < -0.39 is 0 Å². The number of ether oxygens (including phenoxy) is 4. The van der Waals surface area contributed by atoms with Gasteiger partial charge in [0.25, 0.3) is 0 Å². The van der Waals surface area contributed by atoms with Crippen LogP contribution < -0.4 is 0 Å². The number of rotatable bonds is 0. The molecule has 0 atom stereocenters. The quantitative estimate of drug-likeness (QED) is 0.727. The summed E-state index contributed by atoms with van der Waals surface area (Å²) in [5.74, 6) is 0. The molecule has 0 aromatic carbocycles. The lowest BCUT2D eigenvalue weighted by atomic mass is 10.3. The number of pyridine rings is 1. The van der Waals surface area contributed by atoms with Gasteiger partial charge in [-0.05, 0) is 12.1 Å². The summed E-state index contributed by atoms with van der Waals surface area (Å²) in [5.41, 5.74) is 1.78. The molecule has 0 amide bonds. The monoisotopic (exact) mass is 331 g/mol. The molecule has 5 nitrogen and oxygen atoms in total. The van der Waals surface area contributed by atoms with Crippen molar-refractivity contribution >= 4 is 15.9 Å². The van der Waals surface area contributed by atoms with Gasteiger partial charge in [0.2, 0.25) is 0 Å². The Balaban J connectivity index is 1.94. The lowest BCUT2D eigenvalue weighted by molar-refractivity contribution is -0.00523. The zero-order chi connectivity index (χ0) is 13.3. The van der Waals surface area contributed by atoms with E-state index in [1.807, 2.05) is 12.1 Å². The van der Waals surface area contributed by atoms with E-state index in [1.165, 1.54) is 0 Å². The van der Waals surface area contributed by atoms with Crippen LogP contribution in [0.4, 0.5) is 0 Å². The van der Waals surface area contributed by atoms with E-state index in [-0.39, 0.29) is 0 Å². The lowest BCUT2D eigenvalue weighted by Gasteiger charge is -2.07. The van der Waals surface area contributed by atoms with E-state index >= 15 is 0 Å². The van der Waals surface area contributed by atoms with E-state index in [0.717, 1.165) is 15.9 Å². The summed E-state index contributed by atoms with van der Waals surface area (Å²) in [6.45, 7) is 4.38. The van der Waals surface area contributed by atoms with Gasteiger partial charge in [0, 0.05) is 4.47 Å². The second-order valence-electron chi connectivity index (χ2n) is 4.10. The van der Waals surface area contributed by atoms with Gasteiger partial charge in [0.1, 0.15) is 0 Å². The molecular formula is C13H18BrNO4. The Morgan fingerprint density at radius 1 is 0.737 bits per heavy atom. The number of halogens is 1. The molecule has 2 heterocycles. The Hall–Kier alpha value is -0.530. The van der Waals surface area contributed by atoms with Crippen LogP contribution in [0, 0.1) is 0 Å². The fraction of sp³-hybridized carbons (Fsp3) is 0.615. The molecule has 1 aliphatic rings. The second kappa shape index (κ2) is 8.60. The van der Waals surface area contributed by atoms with Gasteiger partial charge in [-0.15, -0.1) is 0 Å². The van der Waals surface area contributed by atoms with Gasteiger partial charge in [-0.25, -0.2) is 0 Å². The first-order valence-electron chi connectivity index (χ1n) is 6.31. The van der Waals surface area contributed by atoms with E-state index in [1.54, 1.807) is 0 Å². The van der Waals surface area contributed by atoms with Crippen LogP contribution in [0.15, 0.2) is 16.6 Å². The maximum atomic E-state index is 5.51. The maximum absolute atomic E-state index is 5.51. The lowest BCUT2D eigenvalue weighted by Crippen LogP contribution is -2.11. The number of hydrogen-bond acceptors (Lipinski definition) is 5. The van der Waals surface area contributed by atoms with E-state index in [9.17, 15) is 0 Å². The molecule has 0 unspecified atom stereocenters. The molecule has 0 saturated carbocycles. The smallest absolute Gasteiger partial charge is 0.0889 e. The summed E-state index contributed by atoms with van der Waals surface area (Å²) in [7, 11) is 0. The van der Waals surface area contributed by atoms with Crippen molar-refractivity contribution in [3.05, 3.63) is 28.0 Å². The standard InChI is InChI=1S/C13H18BrNO4/c14-11-7-12-9-18-5-3-16-1-2-17-4-6-19-10-13(8-11)15-12/h7-8H,1-6,9-10H2. The first-order chi connectivity index (χ1) is 9.34. The van der Waals surface area contributed by atoms with E-state index in [0.29, 0.717) is 52.9 Å². The summed E-state index contributed by atoms with van der Waals surface area (Å²) < 4.78 is 22.7. The van der Waals surface area contributed by atoms with Crippen LogP contribution in [0.3, 0.4) is 0 Å². The third-order valence-electron chi connectivity index (χ3n) is 2.51. The predicted octanol–water partition coefficient (Wildman–Crippen LogP) is 1.92. The first kappa shape index (κ1) is 14.9. The molecule has 1 aromatic rings. The Morgan fingerprint density at radius 2 is 1.16 bits per heavy atom. The highest BCUT2D eigenvalue weighted by molar-refractivity contribution is 9.10. The Bertz CT molecular complexity index is 357. The fourth-order valence-electron chi connectivity index (χ4n) is 1.67. The summed E-state index contributed by atoms with van der Waals surface area (Å²) in [6.07, 6.45) is 0. The number of hydrogen-bond donors (Lipinski definition) is 0. The summed E-state index contributed by atoms with van der Waals surface area (Å²) in [5, 5.41) is 0. The molecule has 0 saturated heterocycles. The second-order valence-corrected chi connectivity index (χ2v) is 5.01. The molecule has 1 aromatic heterocycles. The minimum atomic E-state index is 0.478. The van der Waals surface area contributed by atoms with E-state index in [4.69, 9.17) is 18.9 Å². The maximum Gasteiger partial charge on any atom is 0.0889 e. The molecule has 0 fully saturated rings. The van der Waals surface area contributed by atoms with Crippen LogP contribution in [0.2, 0.25) is 0 Å². The van der Waals surface area contributed by atoms with Gasteiger partial charge in [-0.3, -0.25) is 4.98 Å². The number of fused-ring (bicyclic) bond motifs is 2. The topological polar surface area (TPSA) is 49.8 Å². The van der Waals surface area contributed by atoms with Gasteiger partial charge >= 0.3 is 0 Å². The average Bonchev–Trinajstić information content (AvgIpc) is 2.39. The molecule has 6 heteroatoms. The highest BCUT2D eigenvalue weighted by Crippen LogP contribution is 2.14. The predicted molar refractivity (Wildman–Crippen MR) is 72.9 cm³/mol. The van der Waals surface area contributed by atoms with Crippen molar-refractivity contribution in [1.82, 2.24) is 4.98 Å². The van der Waals surface area contributed by atoms with Crippen molar-refractivity contribution in [2.75, 3.05) is 39.6 Å². The molecule has 0 aliphatic carbocycles.